The van der Waals surface area contributed by atoms with Crippen LogP contribution in [0.3, 0.4) is 0 Å². The molecule has 0 aromatic rings. The Morgan fingerprint density at radius 1 is 1.25 bits per heavy atom. The molecule has 0 aromatic carbocycles. The third-order valence-electron chi connectivity index (χ3n) is 1.56. The molecule has 0 saturated carbocycles. The van der Waals surface area contributed by atoms with Crippen molar-refractivity contribution in [1.29, 1.82) is 0 Å². The Balaban J connectivity index is 4.03. The van der Waals surface area contributed by atoms with E-state index in [0.717, 1.165) is 0 Å². The van der Waals surface area contributed by atoms with E-state index in [2.05, 4.69) is 5.32 Å². The number of nitrogens with one attached hydrogen (secondary N) is 2. The Morgan fingerprint density at radius 2 is 1.81 bits per heavy atom. The number of amides is 2. The molecule has 0 atom stereocenters. The highest BCUT2D eigenvalue weighted by Crippen LogP contribution is 2.22. The van der Waals surface area contributed by atoms with E-state index in [1.54, 1.807) is 6.92 Å². The zero-order valence-electron chi connectivity index (χ0n) is 8.53. The van der Waals surface area contributed by atoms with Crippen LogP contribution < -0.4 is 10.6 Å². The minimum Gasteiger partial charge on any atom is -0.355 e. The minimum absolute atomic E-state index is 0.319. The summed E-state index contributed by atoms with van der Waals surface area (Å²) in [7, 11) is 0. The largest absolute Gasteiger partial charge is 0.383 e. The summed E-state index contributed by atoms with van der Waals surface area (Å²) in [5.41, 5.74) is 0. The third kappa shape index (κ3) is 4.45. The van der Waals surface area contributed by atoms with E-state index in [-0.39, 0.29) is 0 Å². The van der Waals surface area contributed by atoms with E-state index in [0.29, 0.717) is 13.0 Å². The van der Waals surface area contributed by atoms with E-state index in [1.165, 1.54) is 5.32 Å². The lowest BCUT2D eigenvalue weighted by Gasteiger charge is -2.14. The van der Waals surface area contributed by atoms with Gasteiger partial charge < -0.3 is 10.6 Å². The van der Waals surface area contributed by atoms with E-state index in [1.807, 2.05) is 0 Å². The summed E-state index contributed by atoms with van der Waals surface area (Å²) in [4.78, 5) is 21.4. The van der Waals surface area contributed by atoms with Crippen LogP contribution in [0.25, 0.3) is 0 Å². The average Bonchev–Trinajstić information content (AvgIpc) is 2.22. The molecule has 0 aromatic heterocycles. The van der Waals surface area contributed by atoms with Crippen LogP contribution in [0.2, 0.25) is 0 Å². The number of halogens is 4. The van der Waals surface area contributed by atoms with Crippen molar-refractivity contribution in [2.24, 2.45) is 0 Å². The highest BCUT2D eigenvalue weighted by Gasteiger charge is 2.48. The Bertz CT molecular complexity index is 258. The van der Waals surface area contributed by atoms with Crippen molar-refractivity contribution >= 4 is 11.8 Å². The van der Waals surface area contributed by atoms with Gasteiger partial charge in [0.1, 0.15) is 0 Å². The van der Waals surface area contributed by atoms with Crippen LogP contribution in [0.15, 0.2) is 0 Å². The number of hydrogen-bond acceptors (Lipinski definition) is 2. The van der Waals surface area contributed by atoms with Gasteiger partial charge in [0, 0.05) is 6.54 Å². The molecule has 0 radical (unpaired) electrons. The quantitative estimate of drug-likeness (QED) is 0.669. The molecule has 94 valence electrons. The first-order valence-electron chi connectivity index (χ1n) is 4.53. The van der Waals surface area contributed by atoms with E-state index in [4.69, 9.17) is 0 Å². The van der Waals surface area contributed by atoms with Crippen molar-refractivity contribution in [2.45, 2.75) is 25.7 Å². The van der Waals surface area contributed by atoms with Gasteiger partial charge in [0.15, 0.2) is 0 Å². The van der Waals surface area contributed by atoms with Crippen LogP contribution >= 0.6 is 0 Å². The van der Waals surface area contributed by atoms with Crippen LogP contribution in [-0.2, 0) is 9.59 Å². The molecular formula is C8H12F4N2O2. The van der Waals surface area contributed by atoms with Crippen molar-refractivity contribution in [3.05, 3.63) is 0 Å². The molecule has 0 bridgehead atoms. The first-order chi connectivity index (χ1) is 7.32. The Morgan fingerprint density at radius 3 is 2.25 bits per heavy atom. The first-order valence-corrected chi connectivity index (χ1v) is 4.53. The Kier molecular flexibility index (Phi) is 5.76. The molecule has 0 aliphatic heterocycles. The fourth-order valence-corrected chi connectivity index (χ4v) is 0.704. The topological polar surface area (TPSA) is 58.2 Å². The normalized spacial score (nSPS) is 11.4. The molecule has 0 spiro atoms. The molecule has 4 nitrogen and oxygen atoms in total. The maximum absolute atomic E-state index is 12.3. The SMILES string of the molecule is CCCNC(=O)CNC(=O)C(F)(F)C(F)F. The molecule has 0 aliphatic carbocycles. The molecule has 0 fully saturated rings. The Labute approximate surface area is 89.4 Å². The molecule has 0 unspecified atom stereocenters. The van der Waals surface area contributed by atoms with E-state index >= 15 is 0 Å². The van der Waals surface area contributed by atoms with Crippen molar-refractivity contribution in [3.8, 4) is 0 Å². The van der Waals surface area contributed by atoms with Crippen LogP contribution in [-0.4, -0.2) is 37.3 Å². The first kappa shape index (κ1) is 14.7. The summed E-state index contributed by atoms with van der Waals surface area (Å²) >= 11 is 0. The lowest BCUT2D eigenvalue weighted by atomic mass is 10.3. The lowest BCUT2D eigenvalue weighted by molar-refractivity contribution is -0.169. The van der Waals surface area contributed by atoms with Crippen LogP contribution in [0.1, 0.15) is 13.3 Å². The number of rotatable bonds is 6. The van der Waals surface area contributed by atoms with Crippen LogP contribution in [0.5, 0.6) is 0 Å². The predicted molar refractivity (Wildman–Crippen MR) is 47.3 cm³/mol. The second kappa shape index (κ2) is 6.29. The number of alkyl halides is 4. The zero-order chi connectivity index (χ0) is 12.8. The molecule has 0 heterocycles. The van der Waals surface area contributed by atoms with Gasteiger partial charge in [0.2, 0.25) is 5.91 Å². The van der Waals surface area contributed by atoms with Gasteiger partial charge in [0.05, 0.1) is 6.54 Å². The molecule has 0 rings (SSSR count). The summed E-state index contributed by atoms with van der Waals surface area (Å²) < 4.78 is 48.1. The van der Waals surface area contributed by atoms with Crippen molar-refractivity contribution in [3.63, 3.8) is 0 Å². The second-order valence-corrected chi connectivity index (χ2v) is 2.96. The fourth-order valence-electron chi connectivity index (χ4n) is 0.704. The lowest BCUT2D eigenvalue weighted by Crippen LogP contribution is -2.48. The predicted octanol–water partition coefficient (Wildman–Crippen LogP) is 0.529. The monoisotopic (exact) mass is 244 g/mol. The third-order valence-corrected chi connectivity index (χ3v) is 1.56. The maximum Gasteiger partial charge on any atom is 0.383 e. The molecule has 2 N–H and O–H groups in total. The highest BCUT2D eigenvalue weighted by molar-refractivity contribution is 5.88. The smallest absolute Gasteiger partial charge is 0.355 e. The summed E-state index contributed by atoms with van der Waals surface area (Å²) in [6.07, 6.45) is -3.46. The zero-order valence-corrected chi connectivity index (χ0v) is 8.53. The van der Waals surface area contributed by atoms with Crippen LogP contribution in [0.4, 0.5) is 17.6 Å². The van der Waals surface area contributed by atoms with E-state index < -0.39 is 30.7 Å². The molecule has 16 heavy (non-hydrogen) atoms. The van der Waals surface area contributed by atoms with Gasteiger partial charge in [-0.15, -0.1) is 0 Å². The molecular weight excluding hydrogens is 232 g/mol. The van der Waals surface area contributed by atoms with Gasteiger partial charge in [-0.3, -0.25) is 9.59 Å². The highest BCUT2D eigenvalue weighted by atomic mass is 19.3. The summed E-state index contributed by atoms with van der Waals surface area (Å²) in [6.45, 7) is 1.34. The van der Waals surface area contributed by atoms with Gasteiger partial charge in [-0.25, -0.2) is 8.78 Å². The van der Waals surface area contributed by atoms with Gasteiger partial charge >= 0.3 is 12.3 Å². The maximum atomic E-state index is 12.3. The number of carbonyl (C=O) groups excluding carboxylic acids is 2. The van der Waals surface area contributed by atoms with Crippen LogP contribution in [0, 0.1) is 0 Å². The summed E-state index contributed by atoms with van der Waals surface area (Å²) in [5.74, 6) is -7.64. The number of carbonyl (C=O) groups is 2. The van der Waals surface area contributed by atoms with Gasteiger partial charge in [-0.1, -0.05) is 6.92 Å². The average molecular weight is 244 g/mol. The van der Waals surface area contributed by atoms with Crippen molar-refractivity contribution in [2.75, 3.05) is 13.1 Å². The molecule has 8 heteroatoms. The van der Waals surface area contributed by atoms with Gasteiger partial charge in [-0.2, -0.15) is 8.78 Å². The van der Waals surface area contributed by atoms with Gasteiger partial charge in [-0.05, 0) is 6.42 Å². The van der Waals surface area contributed by atoms with E-state index in [9.17, 15) is 27.2 Å². The minimum atomic E-state index is -4.77. The standard InChI is InChI=1S/C8H12F4N2O2/c1-2-3-13-5(15)4-14-7(16)8(11,12)6(9)10/h6H,2-4H2,1H3,(H,13,15)(H,14,16). The second-order valence-electron chi connectivity index (χ2n) is 2.96. The molecule has 0 saturated heterocycles. The Hall–Kier alpha value is -1.34. The number of hydrogen-bond donors (Lipinski definition) is 2. The summed E-state index contributed by atoms with van der Waals surface area (Å²) in [5, 5.41) is 3.71. The molecule has 2 amide bonds. The molecule has 0 aliphatic rings. The van der Waals surface area contributed by atoms with Crippen molar-refractivity contribution in [1.82, 2.24) is 10.6 Å². The fraction of sp³-hybridized carbons (Fsp3) is 0.750. The summed E-state index contributed by atoms with van der Waals surface area (Å²) in [6, 6.07) is 0. The van der Waals surface area contributed by atoms with Gasteiger partial charge in [0.25, 0.3) is 5.91 Å². The van der Waals surface area contributed by atoms with Crippen molar-refractivity contribution < 1.29 is 27.2 Å².